The Bertz CT molecular complexity index is 1080. The van der Waals surface area contributed by atoms with Crippen molar-refractivity contribution in [1.82, 2.24) is 15.6 Å². The number of hydrogen-bond donors (Lipinski definition) is 2. The number of hydrazone groups is 1. The highest BCUT2D eigenvalue weighted by Crippen LogP contribution is 2.29. The summed E-state index contributed by atoms with van der Waals surface area (Å²) in [6.45, 7) is 4.01. The summed E-state index contributed by atoms with van der Waals surface area (Å²) in [5.41, 5.74) is 4.50. The zero-order valence-electron chi connectivity index (χ0n) is 16.3. The van der Waals surface area contributed by atoms with Crippen molar-refractivity contribution in [3.8, 4) is 11.5 Å². The molecule has 0 aliphatic heterocycles. The average Bonchev–Trinajstić information content (AvgIpc) is 3.17. The molecule has 0 spiro atoms. The lowest BCUT2D eigenvalue weighted by Crippen LogP contribution is -2.18. The summed E-state index contributed by atoms with van der Waals surface area (Å²) in [5, 5.41) is 10.5. The largest absolute Gasteiger partial charge is 0.490 e. The zero-order valence-corrected chi connectivity index (χ0v) is 17.9. The predicted octanol–water partition coefficient (Wildman–Crippen LogP) is 3.86. The monoisotopic (exact) mass is 470 g/mol. The Morgan fingerprint density at radius 1 is 1.17 bits per heavy atom. The van der Waals surface area contributed by atoms with E-state index in [1.165, 1.54) is 6.21 Å². The number of benzene rings is 2. The van der Waals surface area contributed by atoms with Crippen molar-refractivity contribution in [3.05, 3.63) is 75.5 Å². The highest BCUT2D eigenvalue weighted by Gasteiger charge is 2.13. The van der Waals surface area contributed by atoms with Crippen LogP contribution in [0.15, 0.2) is 58.1 Å². The SMILES string of the molecule is CCOc1cc(C=NNC(=O)c2cc(C)[nH]n2)ccc1OC(=O)c1ccc(Br)cc1. The fourth-order valence-corrected chi connectivity index (χ4v) is 2.72. The Morgan fingerprint density at radius 3 is 2.60 bits per heavy atom. The van der Waals surface area contributed by atoms with Crippen molar-refractivity contribution in [1.29, 1.82) is 0 Å². The maximum absolute atomic E-state index is 12.4. The molecule has 0 radical (unpaired) electrons. The maximum atomic E-state index is 12.4. The molecule has 3 rings (SSSR count). The third-order valence-electron chi connectivity index (χ3n) is 3.87. The van der Waals surface area contributed by atoms with E-state index in [9.17, 15) is 9.59 Å². The minimum atomic E-state index is -0.494. The molecule has 0 unspecified atom stereocenters. The van der Waals surface area contributed by atoms with Crippen molar-refractivity contribution < 1.29 is 19.1 Å². The molecule has 2 N–H and O–H groups in total. The molecule has 0 bridgehead atoms. The molecule has 0 aliphatic rings. The topological polar surface area (TPSA) is 106 Å². The number of H-pyrrole nitrogens is 1. The summed E-state index contributed by atoms with van der Waals surface area (Å²) in [5.74, 6) is -0.244. The third kappa shape index (κ3) is 5.54. The van der Waals surface area contributed by atoms with Crippen LogP contribution in [0.5, 0.6) is 11.5 Å². The Hall–Kier alpha value is -3.46. The van der Waals surface area contributed by atoms with Crippen LogP contribution >= 0.6 is 15.9 Å². The van der Waals surface area contributed by atoms with Gasteiger partial charge >= 0.3 is 5.97 Å². The molecule has 0 saturated carbocycles. The second kappa shape index (κ2) is 9.84. The van der Waals surface area contributed by atoms with E-state index in [0.717, 1.165) is 10.2 Å². The van der Waals surface area contributed by atoms with Gasteiger partial charge in [-0.25, -0.2) is 10.2 Å². The van der Waals surface area contributed by atoms with E-state index in [4.69, 9.17) is 9.47 Å². The van der Waals surface area contributed by atoms with Crippen molar-refractivity contribution in [2.75, 3.05) is 6.61 Å². The normalized spacial score (nSPS) is 10.8. The van der Waals surface area contributed by atoms with Crippen LogP contribution in [-0.4, -0.2) is 34.9 Å². The molecule has 2 aromatic carbocycles. The van der Waals surface area contributed by atoms with Crippen LogP contribution in [0.3, 0.4) is 0 Å². The zero-order chi connectivity index (χ0) is 21.5. The molecule has 0 saturated heterocycles. The molecule has 1 amide bonds. The van der Waals surface area contributed by atoms with Crippen molar-refractivity contribution in [2.24, 2.45) is 5.10 Å². The number of hydrogen-bond acceptors (Lipinski definition) is 6. The number of aryl methyl sites for hydroxylation is 1. The molecule has 0 atom stereocenters. The summed E-state index contributed by atoms with van der Waals surface area (Å²) in [4.78, 5) is 24.3. The Balaban J connectivity index is 1.70. The van der Waals surface area contributed by atoms with Gasteiger partial charge in [-0.3, -0.25) is 9.89 Å². The quantitative estimate of drug-likeness (QED) is 0.236. The van der Waals surface area contributed by atoms with Crippen LogP contribution in [0.2, 0.25) is 0 Å². The molecule has 0 aliphatic carbocycles. The maximum Gasteiger partial charge on any atom is 0.343 e. The first-order valence-corrected chi connectivity index (χ1v) is 9.85. The van der Waals surface area contributed by atoms with E-state index in [-0.39, 0.29) is 11.4 Å². The fraction of sp³-hybridized carbons (Fsp3) is 0.143. The van der Waals surface area contributed by atoms with Gasteiger partial charge in [0.15, 0.2) is 17.2 Å². The van der Waals surface area contributed by atoms with Crippen LogP contribution in [-0.2, 0) is 0 Å². The van der Waals surface area contributed by atoms with Crippen LogP contribution in [0.4, 0.5) is 0 Å². The number of nitrogens with zero attached hydrogens (tertiary/aromatic N) is 2. The number of halogens is 1. The van der Waals surface area contributed by atoms with E-state index in [2.05, 4.69) is 36.7 Å². The number of carbonyl (C=O) groups is 2. The number of esters is 1. The van der Waals surface area contributed by atoms with Gasteiger partial charge in [0.25, 0.3) is 5.91 Å². The first-order valence-electron chi connectivity index (χ1n) is 9.06. The van der Waals surface area contributed by atoms with Crippen LogP contribution in [0.25, 0.3) is 0 Å². The Labute approximate surface area is 181 Å². The number of aromatic amines is 1. The standard InChI is InChI=1S/C21H19BrN4O4/c1-3-29-19-11-14(12-23-26-20(27)17-10-13(2)24-25-17)4-9-18(19)30-21(28)15-5-7-16(22)8-6-15/h4-12H,3H2,1-2H3,(H,24,25)(H,26,27). The smallest absolute Gasteiger partial charge is 0.343 e. The number of nitrogens with one attached hydrogen (secondary N) is 2. The number of rotatable bonds is 7. The van der Waals surface area contributed by atoms with Gasteiger partial charge in [0, 0.05) is 10.2 Å². The molecular weight excluding hydrogens is 452 g/mol. The Morgan fingerprint density at radius 2 is 1.93 bits per heavy atom. The summed E-state index contributed by atoms with van der Waals surface area (Å²) < 4.78 is 11.9. The van der Waals surface area contributed by atoms with Gasteiger partial charge in [-0.05, 0) is 67.9 Å². The number of amides is 1. The van der Waals surface area contributed by atoms with Crippen molar-refractivity contribution in [2.45, 2.75) is 13.8 Å². The molecule has 0 fully saturated rings. The lowest BCUT2D eigenvalue weighted by Gasteiger charge is -2.11. The lowest BCUT2D eigenvalue weighted by atomic mass is 10.2. The molecule has 1 heterocycles. The minimum Gasteiger partial charge on any atom is -0.490 e. The summed E-state index contributed by atoms with van der Waals surface area (Å²) in [6.07, 6.45) is 1.46. The average molecular weight is 471 g/mol. The first-order chi connectivity index (χ1) is 14.5. The van der Waals surface area contributed by atoms with Gasteiger partial charge in [-0.15, -0.1) is 0 Å². The molecule has 1 aromatic heterocycles. The fourth-order valence-electron chi connectivity index (χ4n) is 2.46. The molecule has 9 heteroatoms. The van der Waals surface area contributed by atoms with Gasteiger partial charge < -0.3 is 9.47 Å². The van der Waals surface area contributed by atoms with Gasteiger partial charge in [-0.1, -0.05) is 15.9 Å². The molecule has 8 nitrogen and oxygen atoms in total. The second-order valence-corrected chi connectivity index (χ2v) is 7.09. The van der Waals surface area contributed by atoms with E-state index in [0.29, 0.717) is 23.5 Å². The first kappa shape index (κ1) is 21.3. The van der Waals surface area contributed by atoms with Gasteiger partial charge in [0.2, 0.25) is 0 Å². The van der Waals surface area contributed by atoms with Crippen molar-refractivity contribution in [3.63, 3.8) is 0 Å². The van der Waals surface area contributed by atoms with Crippen LogP contribution in [0.1, 0.15) is 39.0 Å². The summed E-state index contributed by atoms with van der Waals surface area (Å²) >= 11 is 3.33. The van der Waals surface area contributed by atoms with Crippen LogP contribution < -0.4 is 14.9 Å². The summed E-state index contributed by atoms with van der Waals surface area (Å²) in [7, 11) is 0. The highest BCUT2D eigenvalue weighted by molar-refractivity contribution is 9.10. The van der Waals surface area contributed by atoms with E-state index in [1.54, 1.807) is 55.5 Å². The number of carbonyl (C=O) groups excluding carboxylic acids is 2. The number of aromatic nitrogens is 2. The second-order valence-electron chi connectivity index (χ2n) is 6.17. The van der Waals surface area contributed by atoms with Gasteiger partial charge in [-0.2, -0.15) is 10.2 Å². The van der Waals surface area contributed by atoms with Crippen LogP contribution in [0, 0.1) is 6.92 Å². The molecular formula is C21H19BrN4O4. The molecule has 30 heavy (non-hydrogen) atoms. The predicted molar refractivity (Wildman–Crippen MR) is 115 cm³/mol. The van der Waals surface area contributed by atoms with E-state index in [1.807, 2.05) is 6.92 Å². The van der Waals surface area contributed by atoms with Crippen molar-refractivity contribution >= 4 is 34.0 Å². The lowest BCUT2D eigenvalue weighted by molar-refractivity contribution is 0.0728. The number of ether oxygens (including phenoxy) is 2. The summed E-state index contributed by atoms with van der Waals surface area (Å²) in [6, 6.07) is 13.4. The minimum absolute atomic E-state index is 0.245. The molecule has 3 aromatic rings. The van der Waals surface area contributed by atoms with Gasteiger partial charge in [0.05, 0.1) is 18.4 Å². The highest BCUT2D eigenvalue weighted by atomic mass is 79.9. The van der Waals surface area contributed by atoms with E-state index >= 15 is 0 Å². The Kier molecular flexibility index (Phi) is 6.97. The third-order valence-corrected chi connectivity index (χ3v) is 4.40. The van der Waals surface area contributed by atoms with Gasteiger partial charge in [0.1, 0.15) is 0 Å². The molecule has 154 valence electrons. The van der Waals surface area contributed by atoms with E-state index < -0.39 is 11.9 Å².